The van der Waals surface area contributed by atoms with Gasteiger partial charge in [0.1, 0.15) is 12.2 Å². The Balaban J connectivity index is 4.14. The van der Waals surface area contributed by atoms with E-state index in [9.17, 15) is 5.11 Å². The highest BCUT2D eigenvalue weighted by molar-refractivity contribution is 5.37. The van der Waals surface area contributed by atoms with Crippen molar-refractivity contribution in [1.82, 2.24) is 0 Å². The van der Waals surface area contributed by atoms with Gasteiger partial charge >= 0.3 is 0 Å². The predicted molar refractivity (Wildman–Crippen MR) is 60.4 cm³/mol. The molecule has 15 heavy (non-hydrogen) atoms. The number of hydrogen-bond acceptors (Lipinski definition) is 2. The van der Waals surface area contributed by atoms with Crippen LogP contribution in [0, 0.1) is 35.5 Å². The molecule has 0 aromatic carbocycles. The SMILES string of the molecule is C=C[C@H](O)[C@@H](O)/C=C/C#CC#CC#CC. The zero-order valence-corrected chi connectivity index (χ0v) is 8.49. The van der Waals surface area contributed by atoms with Crippen LogP contribution in [0.1, 0.15) is 6.92 Å². The molecule has 0 amide bonds. The molecule has 2 heteroatoms. The second-order valence-corrected chi connectivity index (χ2v) is 2.47. The van der Waals surface area contributed by atoms with Crippen LogP contribution in [0.5, 0.6) is 0 Å². The van der Waals surface area contributed by atoms with Crippen LogP contribution < -0.4 is 0 Å². The Morgan fingerprint density at radius 2 is 1.73 bits per heavy atom. The van der Waals surface area contributed by atoms with Crippen LogP contribution in [-0.2, 0) is 0 Å². The third kappa shape index (κ3) is 7.17. The summed E-state index contributed by atoms with van der Waals surface area (Å²) in [5.41, 5.74) is 0. The van der Waals surface area contributed by atoms with E-state index >= 15 is 0 Å². The van der Waals surface area contributed by atoms with Crippen molar-refractivity contribution in [3.05, 3.63) is 24.8 Å². The number of allylic oxidation sites excluding steroid dienone is 1. The number of rotatable bonds is 3. The Bertz CT molecular complexity index is 399. The van der Waals surface area contributed by atoms with Crippen molar-refractivity contribution in [3.63, 3.8) is 0 Å². The first kappa shape index (κ1) is 13.1. The maximum atomic E-state index is 9.22. The van der Waals surface area contributed by atoms with Gasteiger partial charge in [-0.1, -0.05) is 17.9 Å². The summed E-state index contributed by atoms with van der Waals surface area (Å²) in [6.45, 7) is 5.03. The summed E-state index contributed by atoms with van der Waals surface area (Å²) in [7, 11) is 0. The Kier molecular flexibility index (Phi) is 7.56. The van der Waals surface area contributed by atoms with E-state index in [0.717, 1.165) is 0 Å². The number of hydrogen-bond donors (Lipinski definition) is 2. The van der Waals surface area contributed by atoms with Crippen molar-refractivity contribution in [2.24, 2.45) is 0 Å². The lowest BCUT2D eigenvalue weighted by Gasteiger charge is -2.07. The fourth-order valence-electron chi connectivity index (χ4n) is 0.603. The normalized spacial score (nSPS) is 12.2. The van der Waals surface area contributed by atoms with Crippen LogP contribution in [0.4, 0.5) is 0 Å². The van der Waals surface area contributed by atoms with Crippen molar-refractivity contribution >= 4 is 0 Å². The fraction of sp³-hybridized carbons (Fsp3) is 0.231. The average Bonchev–Trinajstić information content (AvgIpc) is 2.26. The molecule has 0 heterocycles. The highest BCUT2D eigenvalue weighted by atomic mass is 16.3. The molecule has 76 valence electrons. The van der Waals surface area contributed by atoms with Gasteiger partial charge in [0.05, 0.1) is 0 Å². The molecule has 0 rings (SSSR count). The minimum atomic E-state index is -0.986. The molecule has 2 atom stereocenters. The van der Waals surface area contributed by atoms with E-state index in [0.29, 0.717) is 0 Å². The van der Waals surface area contributed by atoms with Gasteiger partial charge in [0.25, 0.3) is 0 Å². The lowest BCUT2D eigenvalue weighted by molar-refractivity contribution is 0.0811. The third-order valence-electron chi connectivity index (χ3n) is 1.35. The molecule has 0 saturated heterocycles. The highest BCUT2D eigenvalue weighted by Gasteiger charge is 2.06. The smallest absolute Gasteiger partial charge is 0.102 e. The molecule has 0 radical (unpaired) electrons. The molecule has 0 aromatic heterocycles. The van der Waals surface area contributed by atoms with Gasteiger partial charge in [-0.3, -0.25) is 0 Å². The summed E-state index contributed by atoms with van der Waals surface area (Å²) >= 11 is 0. The van der Waals surface area contributed by atoms with Gasteiger partial charge in [0.15, 0.2) is 0 Å². The molecule has 0 spiro atoms. The van der Waals surface area contributed by atoms with Gasteiger partial charge in [0, 0.05) is 0 Å². The van der Waals surface area contributed by atoms with E-state index in [1.807, 2.05) is 0 Å². The summed E-state index contributed by atoms with van der Waals surface area (Å²) in [6, 6.07) is 0. The van der Waals surface area contributed by atoms with Gasteiger partial charge in [-0.15, -0.1) is 6.58 Å². The molecule has 0 aromatic rings. The zero-order chi connectivity index (χ0) is 11.5. The van der Waals surface area contributed by atoms with Gasteiger partial charge in [-0.25, -0.2) is 0 Å². The quantitative estimate of drug-likeness (QED) is 0.514. The van der Waals surface area contributed by atoms with E-state index in [-0.39, 0.29) is 0 Å². The topological polar surface area (TPSA) is 40.5 Å². The molecule has 0 unspecified atom stereocenters. The van der Waals surface area contributed by atoms with Gasteiger partial charge < -0.3 is 10.2 Å². The lowest BCUT2D eigenvalue weighted by Crippen LogP contribution is -2.20. The Morgan fingerprint density at radius 3 is 2.33 bits per heavy atom. The molecule has 2 nitrogen and oxygen atoms in total. The summed E-state index contributed by atoms with van der Waals surface area (Å²) in [6.07, 6.45) is 2.08. The van der Waals surface area contributed by atoms with E-state index in [2.05, 4.69) is 42.1 Å². The second kappa shape index (κ2) is 8.67. The summed E-state index contributed by atoms with van der Waals surface area (Å²) < 4.78 is 0. The Labute approximate surface area is 90.3 Å². The van der Waals surface area contributed by atoms with Crippen LogP contribution in [0.25, 0.3) is 0 Å². The minimum Gasteiger partial charge on any atom is -0.386 e. The van der Waals surface area contributed by atoms with Crippen molar-refractivity contribution in [3.8, 4) is 35.5 Å². The maximum Gasteiger partial charge on any atom is 0.102 e. The lowest BCUT2D eigenvalue weighted by atomic mass is 10.2. The second-order valence-electron chi connectivity index (χ2n) is 2.47. The van der Waals surface area contributed by atoms with E-state index in [1.54, 1.807) is 6.92 Å². The molecule has 0 saturated carbocycles. The van der Waals surface area contributed by atoms with Crippen molar-refractivity contribution in [2.75, 3.05) is 0 Å². The average molecular weight is 200 g/mol. The molecule has 0 aliphatic carbocycles. The summed E-state index contributed by atoms with van der Waals surface area (Å²) in [5, 5.41) is 18.3. The van der Waals surface area contributed by atoms with Crippen LogP contribution >= 0.6 is 0 Å². The first-order chi connectivity index (χ1) is 7.22. The Hall–Kier alpha value is -1.92. The molecular formula is C13H12O2. The van der Waals surface area contributed by atoms with E-state index in [1.165, 1.54) is 18.2 Å². The molecule has 0 aliphatic heterocycles. The van der Waals surface area contributed by atoms with Crippen molar-refractivity contribution in [2.45, 2.75) is 19.1 Å². The fourth-order valence-corrected chi connectivity index (χ4v) is 0.603. The zero-order valence-electron chi connectivity index (χ0n) is 8.49. The van der Waals surface area contributed by atoms with Gasteiger partial charge in [-0.2, -0.15) is 0 Å². The van der Waals surface area contributed by atoms with Crippen LogP contribution in [0.15, 0.2) is 24.8 Å². The van der Waals surface area contributed by atoms with E-state index in [4.69, 9.17) is 5.11 Å². The number of aliphatic hydroxyl groups is 2. The highest BCUT2D eigenvalue weighted by Crippen LogP contribution is 1.95. The standard InChI is InChI=1S/C13H12O2/c1-3-5-6-7-8-9-10-11-13(15)12(14)4-2/h4,10-15H,2H2,1H3/b11-10+/t12-,13-/m0/s1. The summed E-state index contributed by atoms with van der Waals surface area (Å²) in [5.74, 6) is 15.2. The third-order valence-corrected chi connectivity index (χ3v) is 1.35. The van der Waals surface area contributed by atoms with Gasteiger partial charge in [-0.05, 0) is 42.8 Å². The van der Waals surface area contributed by atoms with Crippen LogP contribution in [0.2, 0.25) is 0 Å². The predicted octanol–water partition coefficient (Wildman–Crippen LogP) is 0.480. The Morgan fingerprint density at radius 1 is 1.07 bits per heavy atom. The molecule has 0 fully saturated rings. The largest absolute Gasteiger partial charge is 0.386 e. The van der Waals surface area contributed by atoms with Crippen LogP contribution in [0.3, 0.4) is 0 Å². The first-order valence-electron chi connectivity index (χ1n) is 4.30. The van der Waals surface area contributed by atoms with Gasteiger partial charge in [0.2, 0.25) is 0 Å². The molecular weight excluding hydrogens is 188 g/mol. The number of aliphatic hydroxyl groups excluding tert-OH is 2. The molecule has 0 bridgehead atoms. The minimum absolute atomic E-state index is 0.972. The maximum absolute atomic E-state index is 9.22. The summed E-state index contributed by atoms with van der Waals surface area (Å²) in [4.78, 5) is 0. The van der Waals surface area contributed by atoms with Crippen LogP contribution in [-0.4, -0.2) is 22.4 Å². The monoisotopic (exact) mass is 200 g/mol. The first-order valence-corrected chi connectivity index (χ1v) is 4.30. The molecule has 0 aliphatic rings. The van der Waals surface area contributed by atoms with Crippen molar-refractivity contribution < 1.29 is 10.2 Å². The molecule has 2 N–H and O–H groups in total. The van der Waals surface area contributed by atoms with Crippen molar-refractivity contribution in [1.29, 1.82) is 0 Å². The van der Waals surface area contributed by atoms with E-state index < -0.39 is 12.2 Å².